The molecule has 90 valence electrons. The van der Waals surface area contributed by atoms with Crippen LogP contribution in [0.25, 0.3) is 0 Å². The Morgan fingerprint density at radius 2 is 2.50 bits per heavy atom. The van der Waals surface area contributed by atoms with Gasteiger partial charge in [-0.1, -0.05) is 0 Å². The van der Waals surface area contributed by atoms with E-state index in [1.165, 1.54) is 0 Å². The molecule has 1 fully saturated rings. The van der Waals surface area contributed by atoms with Crippen molar-refractivity contribution >= 4 is 0 Å². The van der Waals surface area contributed by atoms with E-state index in [9.17, 15) is 0 Å². The fourth-order valence-electron chi connectivity index (χ4n) is 2.24. The van der Waals surface area contributed by atoms with E-state index in [1.807, 2.05) is 12.1 Å². The van der Waals surface area contributed by atoms with Crippen LogP contribution in [0.4, 0.5) is 0 Å². The number of hydrogen-bond donors (Lipinski definition) is 1. The topological polar surface area (TPSA) is 51.6 Å². The number of ether oxygens (including phenoxy) is 1. The third-order valence-corrected chi connectivity index (χ3v) is 3.02. The fraction of sp³-hybridized carbons (Fsp3) is 0.667. The van der Waals surface area contributed by atoms with E-state index in [2.05, 4.69) is 11.8 Å². The standard InChI is InChI=1S/C12H20N2O2/c1-10-9-14(5-3-7-15-10)11(8-13)12-4-2-6-16-12/h2,4,6,10-11H,3,5,7-9,13H2,1H3. The van der Waals surface area contributed by atoms with Gasteiger partial charge in [0.1, 0.15) is 5.76 Å². The molecule has 2 heterocycles. The number of rotatable bonds is 3. The van der Waals surface area contributed by atoms with Crippen molar-refractivity contribution in [3.63, 3.8) is 0 Å². The molecule has 0 amide bonds. The van der Waals surface area contributed by atoms with Gasteiger partial charge in [-0.25, -0.2) is 0 Å². The lowest BCUT2D eigenvalue weighted by Gasteiger charge is -2.29. The number of hydrogen-bond acceptors (Lipinski definition) is 4. The maximum atomic E-state index is 5.85. The molecule has 2 N–H and O–H groups in total. The molecule has 0 spiro atoms. The highest BCUT2D eigenvalue weighted by molar-refractivity contribution is 5.05. The summed E-state index contributed by atoms with van der Waals surface area (Å²) in [7, 11) is 0. The lowest BCUT2D eigenvalue weighted by Crippen LogP contribution is -2.37. The first-order chi connectivity index (χ1) is 7.81. The molecule has 2 rings (SSSR count). The van der Waals surface area contributed by atoms with Crippen LogP contribution in [-0.4, -0.2) is 37.2 Å². The van der Waals surface area contributed by atoms with Crippen molar-refractivity contribution in [3.05, 3.63) is 24.2 Å². The predicted molar refractivity (Wildman–Crippen MR) is 62.1 cm³/mol. The molecular weight excluding hydrogens is 204 g/mol. The van der Waals surface area contributed by atoms with Crippen LogP contribution in [-0.2, 0) is 4.74 Å². The van der Waals surface area contributed by atoms with Gasteiger partial charge in [0.25, 0.3) is 0 Å². The van der Waals surface area contributed by atoms with E-state index < -0.39 is 0 Å². The zero-order chi connectivity index (χ0) is 11.4. The molecule has 0 radical (unpaired) electrons. The summed E-state index contributed by atoms with van der Waals surface area (Å²) < 4.78 is 11.1. The Labute approximate surface area is 96.4 Å². The summed E-state index contributed by atoms with van der Waals surface area (Å²) in [5.74, 6) is 0.955. The van der Waals surface area contributed by atoms with E-state index in [1.54, 1.807) is 6.26 Å². The molecule has 1 aromatic heterocycles. The average molecular weight is 224 g/mol. The minimum Gasteiger partial charge on any atom is -0.468 e. The molecule has 1 aliphatic rings. The van der Waals surface area contributed by atoms with Crippen LogP contribution in [0.15, 0.2) is 22.8 Å². The first-order valence-corrected chi connectivity index (χ1v) is 5.90. The van der Waals surface area contributed by atoms with Crippen molar-refractivity contribution < 1.29 is 9.15 Å². The summed E-state index contributed by atoms with van der Waals surface area (Å²) in [6.45, 7) is 5.47. The predicted octanol–water partition coefficient (Wildman–Crippen LogP) is 1.39. The molecule has 1 saturated heterocycles. The van der Waals surface area contributed by atoms with Gasteiger partial charge >= 0.3 is 0 Å². The second-order valence-corrected chi connectivity index (χ2v) is 4.30. The minimum atomic E-state index is 0.180. The quantitative estimate of drug-likeness (QED) is 0.843. The molecule has 1 aliphatic heterocycles. The van der Waals surface area contributed by atoms with Gasteiger partial charge in [-0.05, 0) is 25.5 Å². The molecule has 1 aromatic rings. The molecule has 2 unspecified atom stereocenters. The van der Waals surface area contributed by atoms with Gasteiger partial charge < -0.3 is 14.9 Å². The Morgan fingerprint density at radius 3 is 3.19 bits per heavy atom. The summed E-state index contributed by atoms with van der Waals surface area (Å²) in [5.41, 5.74) is 5.85. The summed E-state index contributed by atoms with van der Waals surface area (Å²) in [5, 5.41) is 0. The lowest BCUT2D eigenvalue weighted by molar-refractivity contribution is 0.0591. The van der Waals surface area contributed by atoms with Gasteiger partial charge in [-0.2, -0.15) is 0 Å². The SMILES string of the molecule is CC1CN(C(CN)c2ccco2)CCCO1. The van der Waals surface area contributed by atoms with Gasteiger partial charge in [0.2, 0.25) is 0 Å². The molecule has 0 aliphatic carbocycles. The summed E-state index contributed by atoms with van der Waals surface area (Å²) >= 11 is 0. The van der Waals surface area contributed by atoms with Gasteiger partial charge in [-0.15, -0.1) is 0 Å². The van der Waals surface area contributed by atoms with Crippen molar-refractivity contribution in [2.24, 2.45) is 5.73 Å². The van der Waals surface area contributed by atoms with Crippen molar-refractivity contribution in [1.29, 1.82) is 0 Å². The monoisotopic (exact) mass is 224 g/mol. The molecule has 0 bridgehead atoms. The fourth-order valence-corrected chi connectivity index (χ4v) is 2.24. The number of nitrogens with zero attached hydrogens (tertiary/aromatic N) is 1. The van der Waals surface area contributed by atoms with Gasteiger partial charge in [-0.3, -0.25) is 4.90 Å². The molecule has 16 heavy (non-hydrogen) atoms. The lowest BCUT2D eigenvalue weighted by atomic mass is 10.1. The number of furan rings is 1. The van der Waals surface area contributed by atoms with Gasteiger partial charge in [0, 0.05) is 26.2 Å². The molecular formula is C12H20N2O2. The van der Waals surface area contributed by atoms with Crippen LogP contribution in [0.2, 0.25) is 0 Å². The molecule has 0 saturated carbocycles. The first kappa shape index (κ1) is 11.6. The van der Waals surface area contributed by atoms with E-state index in [-0.39, 0.29) is 12.1 Å². The average Bonchev–Trinajstić information content (AvgIpc) is 2.70. The Kier molecular flexibility index (Phi) is 3.98. The van der Waals surface area contributed by atoms with Crippen LogP contribution in [0.1, 0.15) is 25.1 Å². The van der Waals surface area contributed by atoms with Crippen LogP contribution in [0.5, 0.6) is 0 Å². The Balaban J connectivity index is 2.07. The van der Waals surface area contributed by atoms with Crippen LogP contribution < -0.4 is 5.73 Å². The third kappa shape index (κ3) is 2.64. The van der Waals surface area contributed by atoms with Crippen molar-refractivity contribution in [1.82, 2.24) is 4.90 Å². The summed E-state index contributed by atoms with van der Waals surface area (Å²) in [6, 6.07) is 4.09. The molecule has 0 aromatic carbocycles. The second kappa shape index (κ2) is 5.48. The molecule has 4 nitrogen and oxygen atoms in total. The largest absolute Gasteiger partial charge is 0.468 e. The van der Waals surface area contributed by atoms with Gasteiger partial charge in [0.15, 0.2) is 0 Å². The van der Waals surface area contributed by atoms with E-state index in [0.29, 0.717) is 6.54 Å². The van der Waals surface area contributed by atoms with Crippen molar-refractivity contribution in [3.8, 4) is 0 Å². The van der Waals surface area contributed by atoms with Crippen LogP contribution in [0, 0.1) is 0 Å². The summed E-state index contributed by atoms with van der Waals surface area (Å²) in [6.07, 6.45) is 3.03. The molecule has 4 heteroatoms. The van der Waals surface area contributed by atoms with Gasteiger partial charge in [0.05, 0.1) is 18.4 Å². The highest BCUT2D eigenvalue weighted by Crippen LogP contribution is 2.22. The van der Waals surface area contributed by atoms with E-state index in [0.717, 1.165) is 31.9 Å². The Hall–Kier alpha value is -0.840. The summed E-state index contributed by atoms with van der Waals surface area (Å²) in [4.78, 5) is 2.36. The smallest absolute Gasteiger partial charge is 0.122 e. The number of nitrogens with two attached hydrogens (primary N) is 1. The van der Waals surface area contributed by atoms with Crippen molar-refractivity contribution in [2.45, 2.75) is 25.5 Å². The highest BCUT2D eigenvalue weighted by atomic mass is 16.5. The normalized spacial score (nSPS) is 25.2. The maximum Gasteiger partial charge on any atom is 0.122 e. The van der Waals surface area contributed by atoms with E-state index in [4.69, 9.17) is 14.9 Å². The first-order valence-electron chi connectivity index (χ1n) is 5.90. The zero-order valence-electron chi connectivity index (χ0n) is 9.76. The Bertz CT molecular complexity index is 300. The molecule has 2 atom stereocenters. The zero-order valence-corrected chi connectivity index (χ0v) is 9.76. The second-order valence-electron chi connectivity index (χ2n) is 4.30. The highest BCUT2D eigenvalue weighted by Gasteiger charge is 2.24. The maximum absolute atomic E-state index is 5.85. The minimum absolute atomic E-state index is 0.180. The van der Waals surface area contributed by atoms with E-state index >= 15 is 0 Å². The van der Waals surface area contributed by atoms with Crippen LogP contribution in [0.3, 0.4) is 0 Å². The Morgan fingerprint density at radius 1 is 1.62 bits per heavy atom. The van der Waals surface area contributed by atoms with Crippen molar-refractivity contribution in [2.75, 3.05) is 26.2 Å². The third-order valence-electron chi connectivity index (χ3n) is 3.02. The van der Waals surface area contributed by atoms with Crippen LogP contribution >= 0.6 is 0 Å².